The number of hydrogen-bond acceptors (Lipinski definition) is 6. The van der Waals surface area contributed by atoms with Crippen molar-refractivity contribution in [1.29, 1.82) is 0 Å². The van der Waals surface area contributed by atoms with Gasteiger partial charge in [0.25, 0.3) is 0 Å². The molecular formula is C34H30F6N2O5. The van der Waals surface area contributed by atoms with Gasteiger partial charge in [-0.25, -0.2) is 4.90 Å². The van der Waals surface area contributed by atoms with Gasteiger partial charge in [-0.15, -0.1) is 0 Å². The van der Waals surface area contributed by atoms with Crippen molar-refractivity contribution in [2.24, 2.45) is 17.8 Å². The second-order valence-corrected chi connectivity index (χ2v) is 11.8. The second kappa shape index (κ2) is 12.4. The van der Waals surface area contributed by atoms with Gasteiger partial charge >= 0.3 is 12.4 Å². The van der Waals surface area contributed by atoms with Gasteiger partial charge in [0.2, 0.25) is 11.8 Å². The molecule has 3 aliphatic rings. The number of carbonyl (C=O) groups excluding carboxylic acids is 2. The fourth-order valence-corrected chi connectivity index (χ4v) is 6.98. The van der Waals surface area contributed by atoms with E-state index >= 15 is 0 Å². The number of aromatic nitrogens is 1. The Hall–Kier alpha value is -4.23. The molecule has 2 aromatic heterocycles. The minimum absolute atomic E-state index is 0.0308. The topological polar surface area (TPSA) is 92.9 Å². The number of furan rings is 1. The highest BCUT2D eigenvalue weighted by molar-refractivity contribution is 6.22. The molecule has 1 N–H and O–H groups in total. The number of imide groups is 1. The lowest BCUT2D eigenvalue weighted by atomic mass is 9.69. The monoisotopic (exact) mass is 660 g/mol. The fourth-order valence-electron chi connectivity index (χ4n) is 6.98. The van der Waals surface area contributed by atoms with Crippen LogP contribution in [0.25, 0.3) is 11.6 Å². The zero-order valence-corrected chi connectivity index (χ0v) is 25.1. The van der Waals surface area contributed by atoms with E-state index in [0.717, 1.165) is 16.7 Å². The maximum Gasteiger partial charge on any atom is 0.416 e. The Balaban J connectivity index is 1.29. The number of fused-ring (bicyclic) bond motifs is 3. The summed E-state index contributed by atoms with van der Waals surface area (Å²) < 4.78 is 93.5. The van der Waals surface area contributed by atoms with E-state index in [0.29, 0.717) is 53.5 Å². The van der Waals surface area contributed by atoms with Crippen LogP contribution in [0.15, 0.2) is 70.3 Å². The highest BCUT2D eigenvalue weighted by Crippen LogP contribution is 2.52. The molecule has 2 amide bonds. The van der Waals surface area contributed by atoms with Crippen LogP contribution in [0, 0.1) is 17.8 Å². The van der Waals surface area contributed by atoms with Crippen LogP contribution in [0.3, 0.4) is 0 Å². The summed E-state index contributed by atoms with van der Waals surface area (Å²) in [4.78, 5) is 32.4. The van der Waals surface area contributed by atoms with Crippen LogP contribution in [0.4, 0.5) is 32.0 Å². The first kappa shape index (κ1) is 32.7. The molecule has 4 heterocycles. The van der Waals surface area contributed by atoms with E-state index in [4.69, 9.17) is 9.15 Å². The molecule has 47 heavy (non-hydrogen) atoms. The fraction of sp³-hybridized carbons (Fsp3) is 0.382. The van der Waals surface area contributed by atoms with E-state index in [2.05, 4.69) is 4.98 Å². The van der Waals surface area contributed by atoms with Gasteiger partial charge in [0.1, 0.15) is 18.1 Å². The molecular weight excluding hydrogens is 630 g/mol. The van der Waals surface area contributed by atoms with Crippen molar-refractivity contribution < 1.29 is 50.2 Å². The summed E-state index contributed by atoms with van der Waals surface area (Å²) in [6.45, 7) is 1.72. The van der Waals surface area contributed by atoms with Crippen LogP contribution in [-0.2, 0) is 33.3 Å². The van der Waals surface area contributed by atoms with Crippen LogP contribution in [-0.4, -0.2) is 34.6 Å². The van der Waals surface area contributed by atoms with Crippen molar-refractivity contribution in [2.45, 2.75) is 57.7 Å². The van der Waals surface area contributed by atoms with Gasteiger partial charge in [0.15, 0.2) is 0 Å². The van der Waals surface area contributed by atoms with Crippen LogP contribution in [0.1, 0.15) is 60.9 Å². The van der Waals surface area contributed by atoms with Gasteiger partial charge in [-0.3, -0.25) is 14.6 Å². The van der Waals surface area contributed by atoms with Crippen LogP contribution in [0.2, 0.25) is 0 Å². The van der Waals surface area contributed by atoms with Gasteiger partial charge < -0.3 is 14.3 Å². The summed E-state index contributed by atoms with van der Waals surface area (Å²) in [7, 11) is 0. The van der Waals surface area contributed by atoms with Gasteiger partial charge in [-0.2, -0.15) is 26.3 Å². The van der Waals surface area contributed by atoms with Gasteiger partial charge in [0, 0.05) is 12.1 Å². The number of allylic oxidation sites excluding steroid dienone is 2. The van der Waals surface area contributed by atoms with Crippen LogP contribution >= 0.6 is 0 Å². The molecule has 2 fully saturated rings. The number of benzene rings is 1. The summed E-state index contributed by atoms with van der Waals surface area (Å²) in [6.07, 6.45) is -5.61. The van der Waals surface area contributed by atoms with Gasteiger partial charge in [-0.1, -0.05) is 18.6 Å². The number of rotatable bonds is 8. The van der Waals surface area contributed by atoms with E-state index in [-0.39, 0.29) is 25.7 Å². The molecule has 13 heteroatoms. The van der Waals surface area contributed by atoms with E-state index in [9.17, 15) is 41.0 Å². The maximum atomic E-state index is 13.8. The average molecular weight is 661 g/mol. The predicted octanol–water partition coefficient (Wildman–Crippen LogP) is 7.46. The first-order chi connectivity index (χ1) is 22.3. The number of anilines is 1. The third-order valence-corrected chi connectivity index (χ3v) is 9.09. The number of aliphatic hydroxyl groups excluding tert-OH is 1. The number of alkyl halides is 6. The molecule has 0 unspecified atom stereocenters. The number of ether oxygens (including phenoxy) is 1. The molecule has 0 spiro atoms. The molecule has 0 bridgehead atoms. The summed E-state index contributed by atoms with van der Waals surface area (Å²) in [6, 6.07) is 9.66. The van der Waals surface area contributed by atoms with Crippen LogP contribution < -0.4 is 4.90 Å². The predicted molar refractivity (Wildman–Crippen MR) is 157 cm³/mol. The smallest absolute Gasteiger partial charge is 0.416 e. The first-order valence-corrected chi connectivity index (χ1v) is 15.1. The number of nitrogens with zero attached hydrogens (tertiary/aromatic N) is 2. The van der Waals surface area contributed by atoms with Gasteiger partial charge in [-0.05, 0) is 85.4 Å². The first-order valence-electron chi connectivity index (χ1n) is 15.1. The summed E-state index contributed by atoms with van der Waals surface area (Å²) >= 11 is 0. The molecule has 2 aliphatic heterocycles. The van der Waals surface area contributed by atoms with E-state index in [1.165, 1.54) is 0 Å². The number of hydrogen-bond donors (Lipinski definition) is 1. The van der Waals surface area contributed by atoms with Crippen LogP contribution in [0.5, 0.6) is 0 Å². The number of halogens is 6. The summed E-state index contributed by atoms with van der Waals surface area (Å²) in [5.41, 5.74) is -0.681. The Morgan fingerprint density at radius 3 is 2.32 bits per heavy atom. The van der Waals surface area contributed by atoms with E-state index < -0.39 is 64.8 Å². The maximum absolute atomic E-state index is 13.8. The van der Waals surface area contributed by atoms with E-state index in [1.807, 2.05) is 25.1 Å². The standard InChI is InChI=1S/C34H30F6N2O5/c1-2-18-12-25-30(32(45)42(31(25)44)22-14-20(33(35,36)37)13-21(15-22)34(38,39)40)26-17-46-28(29(18)26)9-6-19(27-5-3-4-10-41-27)11-23-7-8-24(16-43)47-23/h3-5,7-8,10-11,13-15,25-26,28,30,43H,2,6,9,12,16-17H2,1H3/b19-11-/t25-,26+,28-,30-/m1/s1. The second-order valence-electron chi connectivity index (χ2n) is 11.8. The number of carbonyl (C=O) groups is 2. The molecule has 4 atom stereocenters. The van der Waals surface area contributed by atoms with Crippen molar-refractivity contribution >= 4 is 29.2 Å². The Labute approximate surface area is 265 Å². The SMILES string of the molecule is CCC1=C2[C@@H](CC/C(=C/c3ccc(CO)o3)c3ccccn3)OC[C@@H]2[C@@H]2C(=O)N(c3cc(C(F)(F)F)cc(C(F)(F)F)c3)C(=O)[C@@H]2C1. The highest BCUT2D eigenvalue weighted by Gasteiger charge is 2.57. The normalized spacial score (nSPS) is 23.5. The lowest BCUT2D eigenvalue weighted by Crippen LogP contribution is -2.34. The quantitative estimate of drug-likeness (QED) is 0.153. The molecule has 0 saturated carbocycles. The van der Waals surface area contributed by atoms with Crippen molar-refractivity contribution in [1.82, 2.24) is 4.98 Å². The molecule has 1 aliphatic carbocycles. The molecule has 1 aromatic carbocycles. The Kier molecular flexibility index (Phi) is 8.64. The molecule has 0 radical (unpaired) electrons. The lowest BCUT2D eigenvalue weighted by molar-refractivity contribution is -0.143. The minimum atomic E-state index is -5.13. The molecule has 2 saturated heterocycles. The summed E-state index contributed by atoms with van der Waals surface area (Å²) in [5.74, 6) is -3.19. The minimum Gasteiger partial charge on any atom is -0.459 e. The molecule has 3 aromatic rings. The zero-order chi connectivity index (χ0) is 33.7. The largest absolute Gasteiger partial charge is 0.459 e. The number of amides is 2. The van der Waals surface area contributed by atoms with Gasteiger partial charge in [0.05, 0.1) is 47.1 Å². The third kappa shape index (κ3) is 6.26. The van der Waals surface area contributed by atoms with Crippen molar-refractivity contribution in [3.8, 4) is 0 Å². The van der Waals surface area contributed by atoms with Crippen molar-refractivity contribution in [3.63, 3.8) is 0 Å². The van der Waals surface area contributed by atoms with Crippen molar-refractivity contribution in [2.75, 3.05) is 11.5 Å². The Morgan fingerprint density at radius 1 is 1.00 bits per heavy atom. The average Bonchev–Trinajstić information content (AvgIpc) is 3.74. The number of pyridine rings is 1. The lowest BCUT2D eigenvalue weighted by Gasteiger charge is -2.31. The summed E-state index contributed by atoms with van der Waals surface area (Å²) in [5, 5.41) is 9.39. The molecule has 6 rings (SSSR count). The zero-order valence-electron chi connectivity index (χ0n) is 25.1. The molecule has 248 valence electrons. The number of aliphatic hydroxyl groups is 1. The van der Waals surface area contributed by atoms with E-state index in [1.54, 1.807) is 24.4 Å². The Morgan fingerprint density at radius 2 is 1.72 bits per heavy atom. The van der Waals surface area contributed by atoms with Crippen molar-refractivity contribution in [3.05, 3.63) is 94.2 Å². The Bertz CT molecular complexity index is 1710. The highest BCUT2D eigenvalue weighted by atomic mass is 19.4. The molecule has 7 nitrogen and oxygen atoms in total. The third-order valence-electron chi connectivity index (χ3n) is 9.09.